The smallest absolute Gasteiger partial charge is 0.475 e. The van der Waals surface area contributed by atoms with Crippen LogP contribution in [-0.2, 0) is 38.8 Å². The van der Waals surface area contributed by atoms with E-state index in [-0.39, 0.29) is 11.7 Å². The average Bonchev–Trinajstić information content (AvgIpc) is 3.14. The van der Waals surface area contributed by atoms with E-state index in [0.29, 0.717) is 23.7 Å². The minimum absolute atomic E-state index is 0.132. The molecule has 1 atom stereocenters. The molecular formula is C37H40F10N4O8. The van der Waals surface area contributed by atoms with Crippen molar-refractivity contribution in [3.8, 4) is 11.1 Å². The van der Waals surface area contributed by atoms with Crippen molar-refractivity contribution in [2.24, 2.45) is 0 Å². The van der Waals surface area contributed by atoms with Gasteiger partial charge in [-0.2, -0.15) is 39.5 Å². The Kier molecular flexibility index (Phi) is 19.2. The van der Waals surface area contributed by atoms with E-state index >= 15 is 0 Å². The van der Waals surface area contributed by atoms with E-state index in [9.17, 15) is 48.7 Å². The molecular weight excluding hydrogens is 818 g/mol. The maximum absolute atomic E-state index is 14.9. The number of hydrogen-bond acceptors (Lipinski definition) is 8. The highest BCUT2D eigenvalue weighted by molar-refractivity contribution is 5.94. The number of carboxylic acid groups (broad SMARTS) is 3. The third kappa shape index (κ3) is 18.9. The van der Waals surface area contributed by atoms with Gasteiger partial charge in [0, 0.05) is 69.5 Å². The zero-order valence-electron chi connectivity index (χ0n) is 31.1. The summed E-state index contributed by atoms with van der Waals surface area (Å²) in [7, 11) is 0. The van der Waals surface area contributed by atoms with Gasteiger partial charge in [-0.3, -0.25) is 14.6 Å². The van der Waals surface area contributed by atoms with E-state index in [1.165, 1.54) is 11.6 Å². The van der Waals surface area contributed by atoms with Gasteiger partial charge >= 0.3 is 36.4 Å². The first-order valence-electron chi connectivity index (χ1n) is 17.3. The molecule has 3 aromatic carbocycles. The van der Waals surface area contributed by atoms with Crippen molar-refractivity contribution in [2.45, 2.75) is 51.1 Å². The van der Waals surface area contributed by atoms with E-state index in [1.807, 2.05) is 36.4 Å². The maximum atomic E-state index is 14.9. The van der Waals surface area contributed by atoms with Crippen LogP contribution in [0, 0.1) is 5.82 Å². The van der Waals surface area contributed by atoms with Gasteiger partial charge in [-0.15, -0.1) is 0 Å². The fourth-order valence-electron chi connectivity index (χ4n) is 5.27. The third-order valence-electron chi connectivity index (χ3n) is 8.01. The molecule has 22 heteroatoms. The number of aliphatic carboxylic acids is 3. The molecule has 12 nitrogen and oxygen atoms in total. The van der Waals surface area contributed by atoms with Gasteiger partial charge < -0.3 is 30.7 Å². The first-order chi connectivity index (χ1) is 27.4. The van der Waals surface area contributed by atoms with Crippen LogP contribution in [0.15, 0.2) is 66.7 Å². The Morgan fingerprint density at radius 2 is 1.22 bits per heavy atom. The summed E-state index contributed by atoms with van der Waals surface area (Å²) < 4.78 is 116. The van der Waals surface area contributed by atoms with Crippen molar-refractivity contribution < 1.29 is 83.1 Å². The number of carbonyl (C=O) groups is 4. The molecule has 0 bridgehead atoms. The first-order valence-corrected chi connectivity index (χ1v) is 17.3. The van der Waals surface area contributed by atoms with Gasteiger partial charge in [0.05, 0.1) is 13.2 Å². The molecule has 59 heavy (non-hydrogen) atoms. The first kappa shape index (κ1) is 49.8. The Morgan fingerprint density at radius 3 is 1.75 bits per heavy atom. The number of rotatable bonds is 8. The minimum atomic E-state index is -5.08. The predicted molar refractivity (Wildman–Crippen MR) is 189 cm³/mol. The van der Waals surface area contributed by atoms with E-state index < -0.39 is 36.4 Å². The molecule has 0 aromatic heterocycles. The van der Waals surface area contributed by atoms with Gasteiger partial charge in [-0.1, -0.05) is 36.4 Å². The lowest BCUT2D eigenvalue weighted by Gasteiger charge is -2.31. The fourth-order valence-corrected chi connectivity index (χ4v) is 5.27. The molecule has 0 saturated carbocycles. The molecule has 1 amide bonds. The number of nitrogens with one attached hydrogen (secondary N) is 2. The van der Waals surface area contributed by atoms with E-state index in [1.54, 1.807) is 6.07 Å². The molecule has 5 N–H and O–H groups in total. The highest BCUT2D eigenvalue weighted by atomic mass is 19.4. The van der Waals surface area contributed by atoms with Crippen LogP contribution in [-0.4, -0.2) is 119 Å². The average molecular weight is 859 g/mol. The Balaban J connectivity index is 0.000000469. The van der Waals surface area contributed by atoms with Crippen LogP contribution in [0.5, 0.6) is 0 Å². The lowest BCUT2D eigenvalue weighted by atomic mass is 10.00. The molecule has 3 aromatic rings. The van der Waals surface area contributed by atoms with Gasteiger partial charge in [-0.05, 0) is 59.5 Å². The summed E-state index contributed by atoms with van der Waals surface area (Å²) in [6, 6.07) is 21.4. The molecule has 0 spiro atoms. The Labute approximate surface area is 330 Å². The molecule has 5 rings (SSSR count). The SMILES string of the molecule is C[C@H]1CN(Cc2cccc(-c3cc(CNC(=O)c4cccc(CN5CCOCC5)c4)ccc3F)c2)CCN1.O=C(O)C(F)(F)F.O=C(O)C(F)(F)F.O=C(O)C(F)(F)F. The van der Waals surface area contributed by atoms with Gasteiger partial charge in [-0.25, -0.2) is 18.8 Å². The number of hydrogen-bond donors (Lipinski definition) is 5. The molecule has 0 radical (unpaired) electrons. The van der Waals surface area contributed by atoms with Crippen molar-refractivity contribution in [1.82, 2.24) is 20.4 Å². The largest absolute Gasteiger partial charge is 0.490 e. The van der Waals surface area contributed by atoms with Crippen molar-refractivity contribution >= 4 is 23.8 Å². The predicted octanol–water partition coefficient (Wildman–Crippen LogP) is 5.95. The van der Waals surface area contributed by atoms with Crippen molar-refractivity contribution in [2.75, 3.05) is 45.9 Å². The molecule has 2 heterocycles. The molecule has 326 valence electrons. The second-order valence-corrected chi connectivity index (χ2v) is 12.8. The molecule has 0 unspecified atom stereocenters. The highest BCUT2D eigenvalue weighted by Crippen LogP contribution is 2.26. The summed E-state index contributed by atoms with van der Waals surface area (Å²) in [5, 5.41) is 27.9. The summed E-state index contributed by atoms with van der Waals surface area (Å²) >= 11 is 0. The second kappa shape index (κ2) is 22.7. The van der Waals surface area contributed by atoms with Crippen LogP contribution in [0.25, 0.3) is 11.1 Å². The standard InChI is InChI=1S/C31H37FN4O2.3C2HF3O2/c1-23-20-36(11-10-33-23)22-25-4-2-6-27(16-25)29-18-24(8-9-30(29)32)19-34-31(37)28-7-3-5-26(17-28)21-35-12-14-38-15-13-35;3*3-2(4,5)1(6)7/h2-9,16-18,23,33H,10-15,19-22H2,1H3,(H,34,37);3*(H,6,7)/t23-;;;/m0.../s1. The number of morpholine rings is 1. The zero-order chi connectivity index (χ0) is 44.6. The van der Waals surface area contributed by atoms with Gasteiger partial charge in [0.2, 0.25) is 0 Å². The number of benzene rings is 3. The quantitative estimate of drug-likeness (QED) is 0.170. The van der Waals surface area contributed by atoms with Gasteiger partial charge in [0.25, 0.3) is 5.91 Å². The van der Waals surface area contributed by atoms with E-state index in [4.69, 9.17) is 34.4 Å². The molecule has 2 saturated heterocycles. The highest BCUT2D eigenvalue weighted by Gasteiger charge is 2.39. The van der Waals surface area contributed by atoms with Crippen LogP contribution in [0.4, 0.5) is 43.9 Å². The minimum Gasteiger partial charge on any atom is -0.475 e. The topological polar surface area (TPSA) is 169 Å². The number of alkyl halides is 9. The van der Waals surface area contributed by atoms with Crippen LogP contribution >= 0.6 is 0 Å². The summed E-state index contributed by atoms with van der Waals surface area (Å²) in [5.74, 6) is -8.66. The maximum Gasteiger partial charge on any atom is 0.490 e. The van der Waals surface area contributed by atoms with Crippen molar-refractivity contribution in [1.29, 1.82) is 0 Å². The van der Waals surface area contributed by atoms with Crippen molar-refractivity contribution in [3.05, 3.63) is 94.8 Å². The number of carboxylic acids is 3. The second-order valence-electron chi connectivity index (χ2n) is 12.8. The summed E-state index contributed by atoms with van der Waals surface area (Å²) in [6.07, 6.45) is -15.3. The lowest BCUT2D eigenvalue weighted by Crippen LogP contribution is -2.48. The lowest BCUT2D eigenvalue weighted by molar-refractivity contribution is -0.193. The zero-order valence-corrected chi connectivity index (χ0v) is 31.1. The van der Waals surface area contributed by atoms with Gasteiger partial charge in [0.1, 0.15) is 5.82 Å². The number of amides is 1. The van der Waals surface area contributed by atoms with Crippen LogP contribution in [0.2, 0.25) is 0 Å². The fraction of sp³-hybridized carbons (Fsp3) is 0.405. The van der Waals surface area contributed by atoms with Gasteiger partial charge in [0.15, 0.2) is 0 Å². The monoisotopic (exact) mass is 858 g/mol. The molecule has 0 aliphatic carbocycles. The van der Waals surface area contributed by atoms with Crippen LogP contribution in [0.1, 0.15) is 34.0 Å². The normalized spacial score (nSPS) is 16.2. The Bertz CT molecular complexity index is 1800. The number of piperazine rings is 1. The summed E-state index contributed by atoms with van der Waals surface area (Å²) in [4.78, 5) is 44.4. The number of halogens is 10. The summed E-state index contributed by atoms with van der Waals surface area (Å²) in [5.41, 5.74) is 5.19. The summed E-state index contributed by atoms with van der Waals surface area (Å²) in [6.45, 7) is 10.5. The Morgan fingerprint density at radius 1 is 0.712 bits per heavy atom. The third-order valence-corrected chi connectivity index (χ3v) is 8.01. The molecule has 2 aliphatic heterocycles. The molecule has 2 aliphatic rings. The van der Waals surface area contributed by atoms with E-state index in [0.717, 1.165) is 75.7 Å². The number of nitrogens with zero attached hydrogens (tertiary/aromatic N) is 2. The van der Waals surface area contributed by atoms with Crippen molar-refractivity contribution in [3.63, 3.8) is 0 Å². The number of carbonyl (C=O) groups excluding carboxylic acids is 1. The van der Waals surface area contributed by atoms with Crippen LogP contribution < -0.4 is 10.6 Å². The van der Waals surface area contributed by atoms with Crippen LogP contribution in [0.3, 0.4) is 0 Å². The molecule has 2 fully saturated rings. The Hall–Kier alpha value is -5.32. The van der Waals surface area contributed by atoms with E-state index in [2.05, 4.69) is 45.6 Å². The number of ether oxygens (including phenoxy) is 1.